The van der Waals surface area contributed by atoms with Gasteiger partial charge in [0.15, 0.2) is 5.16 Å². The van der Waals surface area contributed by atoms with Crippen LogP contribution in [0, 0.1) is 0 Å². The zero-order chi connectivity index (χ0) is 15.6. The van der Waals surface area contributed by atoms with Crippen molar-refractivity contribution in [2.24, 2.45) is 0 Å². The number of hydrogen-bond donors (Lipinski definition) is 0. The van der Waals surface area contributed by atoms with Crippen molar-refractivity contribution in [2.75, 3.05) is 0 Å². The summed E-state index contributed by atoms with van der Waals surface area (Å²) in [5.41, 5.74) is 2.17. The number of rotatable bonds is 5. The van der Waals surface area contributed by atoms with Crippen molar-refractivity contribution in [3.63, 3.8) is 0 Å². The molecule has 116 valence electrons. The lowest BCUT2D eigenvalue weighted by Crippen LogP contribution is -1.96. The second kappa shape index (κ2) is 6.17. The van der Waals surface area contributed by atoms with Crippen molar-refractivity contribution in [3.05, 3.63) is 47.7 Å². The van der Waals surface area contributed by atoms with Crippen molar-refractivity contribution in [1.29, 1.82) is 0 Å². The first-order valence-corrected chi connectivity index (χ1v) is 9.16. The zero-order valence-corrected chi connectivity index (χ0v) is 14.1. The lowest BCUT2D eigenvalue weighted by molar-refractivity contribution is 0.391. The topological polar surface area (TPSA) is 56.7 Å². The fourth-order valence-corrected chi connectivity index (χ4v) is 3.98. The molecule has 0 unspecified atom stereocenters. The molecule has 0 aliphatic rings. The first kappa shape index (κ1) is 14.5. The Kier molecular flexibility index (Phi) is 3.88. The van der Waals surface area contributed by atoms with E-state index < -0.39 is 0 Å². The van der Waals surface area contributed by atoms with E-state index in [0.29, 0.717) is 17.5 Å². The third-order valence-corrected chi connectivity index (χ3v) is 5.30. The molecule has 0 saturated heterocycles. The number of aryl methyl sites for hydroxylation is 1. The van der Waals surface area contributed by atoms with Crippen LogP contribution in [-0.4, -0.2) is 19.7 Å². The van der Waals surface area contributed by atoms with Crippen molar-refractivity contribution in [1.82, 2.24) is 19.7 Å². The van der Waals surface area contributed by atoms with Gasteiger partial charge in [0.2, 0.25) is 11.7 Å². The highest BCUT2D eigenvalue weighted by molar-refractivity contribution is 7.98. The number of nitrogens with zero attached hydrogens (tertiary/aromatic N) is 4. The highest BCUT2D eigenvalue weighted by atomic mass is 32.2. The van der Waals surface area contributed by atoms with Crippen LogP contribution in [0.15, 0.2) is 51.5 Å². The molecule has 4 aromatic rings. The number of fused-ring (bicyclic) bond motifs is 1. The molecule has 4 rings (SSSR count). The van der Waals surface area contributed by atoms with Crippen LogP contribution in [0.5, 0.6) is 0 Å². The van der Waals surface area contributed by atoms with E-state index in [1.165, 1.54) is 0 Å². The van der Waals surface area contributed by atoms with Gasteiger partial charge in [0.05, 0.1) is 21.7 Å². The van der Waals surface area contributed by atoms with Crippen LogP contribution >= 0.6 is 23.1 Å². The van der Waals surface area contributed by atoms with Crippen LogP contribution in [0.2, 0.25) is 0 Å². The van der Waals surface area contributed by atoms with Gasteiger partial charge in [-0.05, 0) is 30.5 Å². The number of thiophene rings is 1. The van der Waals surface area contributed by atoms with Gasteiger partial charge in [0.25, 0.3) is 0 Å². The summed E-state index contributed by atoms with van der Waals surface area (Å²) in [6.07, 6.45) is 0. The summed E-state index contributed by atoms with van der Waals surface area (Å²) in [6, 6.07) is 12.1. The predicted octanol–water partition coefficient (Wildman–Crippen LogP) is 4.46. The van der Waals surface area contributed by atoms with Gasteiger partial charge in [-0.15, -0.1) is 11.3 Å². The molecule has 1 aromatic carbocycles. The van der Waals surface area contributed by atoms with E-state index in [0.717, 1.165) is 27.6 Å². The Balaban J connectivity index is 1.55. The van der Waals surface area contributed by atoms with E-state index in [1.54, 1.807) is 23.1 Å². The van der Waals surface area contributed by atoms with E-state index >= 15 is 0 Å². The Hall–Kier alpha value is -2.12. The average Bonchev–Trinajstić information content (AvgIpc) is 3.30. The van der Waals surface area contributed by atoms with Crippen molar-refractivity contribution in [2.45, 2.75) is 24.4 Å². The number of hydrogen-bond acceptors (Lipinski definition) is 6. The Bertz CT molecular complexity index is 927. The van der Waals surface area contributed by atoms with E-state index in [4.69, 9.17) is 9.51 Å². The molecule has 0 saturated carbocycles. The standard InChI is InChI=1S/C16H14N4OS2/c1-2-20-12-7-4-3-6-11(12)17-16(20)23-10-14-18-15(19-21-14)13-8-5-9-22-13/h3-9H,2,10H2,1H3. The lowest BCUT2D eigenvalue weighted by atomic mass is 10.3. The van der Waals surface area contributed by atoms with Gasteiger partial charge in [-0.2, -0.15) is 4.98 Å². The summed E-state index contributed by atoms with van der Waals surface area (Å²) >= 11 is 3.22. The fourth-order valence-electron chi connectivity index (χ4n) is 2.41. The molecule has 0 aliphatic carbocycles. The molecule has 5 nitrogen and oxygen atoms in total. The fraction of sp³-hybridized carbons (Fsp3) is 0.188. The van der Waals surface area contributed by atoms with Crippen molar-refractivity contribution in [3.8, 4) is 10.7 Å². The molecule has 0 atom stereocenters. The summed E-state index contributed by atoms with van der Waals surface area (Å²) in [6.45, 7) is 3.01. The van der Waals surface area contributed by atoms with Crippen LogP contribution in [0.4, 0.5) is 0 Å². The summed E-state index contributed by atoms with van der Waals surface area (Å²) in [7, 11) is 0. The van der Waals surface area contributed by atoms with E-state index in [2.05, 4.69) is 27.7 Å². The van der Waals surface area contributed by atoms with Gasteiger partial charge in [-0.25, -0.2) is 4.98 Å². The van der Waals surface area contributed by atoms with Crippen LogP contribution < -0.4 is 0 Å². The summed E-state index contributed by atoms with van der Waals surface area (Å²) in [5.74, 6) is 1.88. The quantitative estimate of drug-likeness (QED) is 0.501. The molecule has 0 radical (unpaired) electrons. The summed E-state index contributed by atoms with van der Waals surface area (Å²) < 4.78 is 7.55. The molecule has 0 aliphatic heterocycles. The molecular formula is C16H14N4OS2. The Morgan fingerprint density at radius 1 is 1.17 bits per heavy atom. The van der Waals surface area contributed by atoms with Gasteiger partial charge in [0, 0.05) is 6.54 Å². The van der Waals surface area contributed by atoms with Crippen LogP contribution in [0.3, 0.4) is 0 Å². The average molecular weight is 342 g/mol. The van der Waals surface area contributed by atoms with Crippen LogP contribution in [-0.2, 0) is 12.3 Å². The number of para-hydroxylation sites is 2. The minimum atomic E-state index is 0.613. The van der Waals surface area contributed by atoms with Gasteiger partial charge in [-0.1, -0.05) is 35.1 Å². The van der Waals surface area contributed by atoms with E-state index in [-0.39, 0.29) is 0 Å². The van der Waals surface area contributed by atoms with Crippen molar-refractivity contribution >= 4 is 34.1 Å². The first-order valence-electron chi connectivity index (χ1n) is 7.29. The highest BCUT2D eigenvalue weighted by Crippen LogP contribution is 2.27. The van der Waals surface area contributed by atoms with Crippen LogP contribution in [0.1, 0.15) is 12.8 Å². The SMILES string of the molecule is CCn1c(SCc2nc(-c3cccs3)no2)nc2ccccc21. The normalized spacial score (nSPS) is 11.3. The third kappa shape index (κ3) is 2.77. The number of aromatic nitrogens is 4. The largest absolute Gasteiger partial charge is 0.338 e. The molecule has 3 aromatic heterocycles. The van der Waals surface area contributed by atoms with Gasteiger partial charge >= 0.3 is 0 Å². The predicted molar refractivity (Wildman–Crippen MR) is 92.6 cm³/mol. The molecule has 3 heterocycles. The number of imidazole rings is 1. The molecule has 0 spiro atoms. The van der Waals surface area contributed by atoms with E-state index in [1.807, 2.05) is 35.7 Å². The molecule has 7 heteroatoms. The van der Waals surface area contributed by atoms with E-state index in [9.17, 15) is 0 Å². The second-order valence-corrected chi connectivity index (χ2v) is 6.80. The van der Waals surface area contributed by atoms with Gasteiger partial charge in [0.1, 0.15) is 0 Å². The minimum Gasteiger partial charge on any atom is -0.338 e. The molecule has 0 fully saturated rings. The Morgan fingerprint density at radius 3 is 2.91 bits per heavy atom. The van der Waals surface area contributed by atoms with Crippen molar-refractivity contribution < 1.29 is 4.52 Å². The van der Waals surface area contributed by atoms with Crippen LogP contribution in [0.25, 0.3) is 21.7 Å². The molecule has 0 N–H and O–H groups in total. The second-order valence-electron chi connectivity index (χ2n) is 4.91. The number of thioether (sulfide) groups is 1. The molecule has 0 amide bonds. The van der Waals surface area contributed by atoms with Gasteiger partial charge < -0.3 is 9.09 Å². The first-order chi connectivity index (χ1) is 11.3. The maximum Gasteiger partial charge on any atom is 0.237 e. The minimum absolute atomic E-state index is 0.613. The lowest BCUT2D eigenvalue weighted by Gasteiger charge is -2.03. The maximum atomic E-state index is 5.35. The Morgan fingerprint density at radius 2 is 2.09 bits per heavy atom. The molecule has 23 heavy (non-hydrogen) atoms. The molecular weight excluding hydrogens is 328 g/mol. The highest BCUT2D eigenvalue weighted by Gasteiger charge is 2.13. The monoisotopic (exact) mass is 342 g/mol. The van der Waals surface area contributed by atoms with Gasteiger partial charge in [-0.3, -0.25) is 0 Å². The number of benzene rings is 1. The summed E-state index contributed by atoms with van der Waals surface area (Å²) in [4.78, 5) is 10.2. The summed E-state index contributed by atoms with van der Waals surface area (Å²) in [5, 5.41) is 7.02. The third-order valence-electron chi connectivity index (χ3n) is 3.47. The Labute approximate surface area is 141 Å². The molecule has 0 bridgehead atoms. The maximum absolute atomic E-state index is 5.35. The smallest absolute Gasteiger partial charge is 0.237 e. The zero-order valence-electron chi connectivity index (χ0n) is 12.5.